The van der Waals surface area contributed by atoms with Gasteiger partial charge in [-0.2, -0.15) is 0 Å². The van der Waals surface area contributed by atoms with E-state index in [0.717, 1.165) is 42.5 Å². The number of likely N-dealkylation sites (N-methyl/N-ethyl adjacent to an activating group) is 1. The maximum Gasteiger partial charge on any atom is 0.340 e. The summed E-state index contributed by atoms with van der Waals surface area (Å²) in [5, 5.41) is 3.41. The number of carbonyl (C=O) groups excluding carboxylic acids is 2. The first-order chi connectivity index (χ1) is 12.4. The fraction of sp³-hybridized carbons (Fsp3) is 0.600. The molecule has 1 aliphatic heterocycles. The van der Waals surface area contributed by atoms with Gasteiger partial charge in [0.15, 0.2) is 6.54 Å². The first-order valence-electron chi connectivity index (χ1n) is 9.53. The van der Waals surface area contributed by atoms with Gasteiger partial charge < -0.3 is 14.5 Å². The van der Waals surface area contributed by atoms with Crippen LogP contribution >= 0.6 is 11.6 Å². The van der Waals surface area contributed by atoms with Gasteiger partial charge in [-0.25, -0.2) is 4.79 Å². The van der Waals surface area contributed by atoms with Crippen molar-refractivity contribution in [3.05, 3.63) is 28.3 Å². The van der Waals surface area contributed by atoms with Gasteiger partial charge in [0.25, 0.3) is 5.91 Å². The molecule has 0 saturated carbocycles. The predicted octanol–water partition coefficient (Wildman–Crippen LogP) is 4.17. The second-order valence-corrected chi connectivity index (χ2v) is 7.53. The number of benzene rings is 1. The summed E-state index contributed by atoms with van der Waals surface area (Å²) < 4.78 is 5.93. The smallest absolute Gasteiger partial charge is 0.340 e. The van der Waals surface area contributed by atoms with Gasteiger partial charge >= 0.3 is 5.97 Å². The van der Waals surface area contributed by atoms with E-state index in [0.29, 0.717) is 22.8 Å². The molecule has 1 amide bonds. The van der Waals surface area contributed by atoms with Crippen LogP contribution in [0, 0.1) is 6.92 Å². The van der Waals surface area contributed by atoms with Gasteiger partial charge in [-0.3, -0.25) is 4.79 Å². The summed E-state index contributed by atoms with van der Waals surface area (Å²) in [5.74, 6) is -0.535. The van der Waals surface area contributed by atoms with Gasteiger partial charge in [-0.15, -0.1) is 0 Å². The highest BCUT2D eigenvalue weighted by atomic mass is 35.5. The molecular formula is C20H30ClN2O3+. The normalized spacial score (nSPS) is 16.6. The third-order valence-electron chi connectivity index (χ3n) is 5.22. The summed E-state index contributed by atoms with van der Waals surface area (Å²) >= 11 is 6.10. The molecule has 0 spiro atoms. The number of halogens is 1. The Hall–Kier alpha value is -1.59. The third-order valence-corrected chi connectivity index (χ3v) is 5.44. The van der Waals surface area contributed by atoms with E-state index in [1.807, 2.05) is 6.92 Å². The van der Waals surface area contributed by atoms with Gasteiger partial charge in [0.1, 0.15) is 0 Å². The number of ether oxygens (including phenoxy) is 1. The lowest BCUT2D eigenvalue weighted by molar-refractivity contribution is -0.918. The summed E-state index contributed by atoms with van der Waals surface area (Å²) in [7, 11) is 0. The van der Waals surface area contributed by atoms with E-state index in [4.69, 9.17) is 16.3 Å². The summed E-state index contributed by atoms with van der Waals surface area (Å²) in [6, 6.07) is 3.30. The van der Waals surface area contributed by atoms with Crippen molar-refractivity contribution in [2.45, 2.75) is 46.5 Å². The van der Waals surface area contributed by atoms with Crippen molar-refractivity contribution in [1.82, 2.24) is 0 Å². The number of esters is 1. The van der Waals surface area contributed by atoms with Crippen molar-refractivity contribution in [2.24, 2.45) is 0 Å². The molecule has 1 aromatic carbocycles. The van der Waals surface area contributed by atoms with Crippen LogP contribution in [0.4, 0.5) is 5.69 Å². The van der Waals surface area contributed by atoms with Crippen molar-refractivity contribution in [2.75, 3.05) is 38.1 Å². The van der Waals surface area contributed by atoms with Gasteiger partial charge in [0, 0.05) is 5.02 Å². The standard InChI is InChI=1S/C20H29ClN2O3/c1-4-23(10-8-6-7-9-11-23)14-18(24)22-19-15(3)12-16(21)13-17(19)20(25)26-5-2/h12-13H,4-11,14H2,1-3H3/p+1. The van der Waals surface area contributed by atoms with E-state index in [1.165, 1.54) is 12.8 Å². The van der Waals surface area contributed by atoms with Gasteiger partial charge in [0.2, 0.25) is 0 Å². The molecule has 144 valence electrons. The molecule has 0 unspecified atom stereocenters. The fourth-order valence-corrected chi connectivity index (χ4v) is 3.98. The Morgan fingerprint density at radius 1 is 1.15 bits per heavy atom. The largest absolute Gasteiger partial charge is 0.462 e. The second-order valence-electron chi connectivity index (χ2n) is 7.09. The van der Waals surface area contributed by atoms with Crippen LogP contribution in [0.5, 0.6) is 0 Å². The zero-order valence-corrected chi connectivity index (χ0v) is 16.8. The lowest BCUT2D eigenvalue weighted by Crippen LogP contribution is -2.52. The fourth-order valence-electron chi connectivity index (χ4n) is 3.71. The number of quaternary nitrogens is 1. The zero-order valence-electron chi connectivity index (χ0n) is 16.1. The van der Waals surface area contributed by atoms with Gasteiger partial charge in [0.05, 0.1) is 37.5 Å². The quantitative estimate of drug-likeness (QED) is 0.594. The van der Waals surface area contributed by atoms with Crippen LogP contribution in [-0.2, 0) is 9.53 Å². The van der Waals surface area contributed by atoms with Crippen LogP contribution in [-0.4, -0.2) is 49.1 Å². The number of likely N-dealkylation sites (tertiary alicyclic amines) is 1. The van der Waals surface area contributed by atoms with Crippen LogP contribution in [0.1, 0.15) is 55.5 Å². The highest BCUT2D eigenvalue weighted by Crippen LogP contribution is 2.27. The van der Waals surface area contributed by atoms with Crippen molar-refractivity contribution in [1.29, 1.82) is 0 Å². The topological polar surface area (TPSA) is 55.4 Å². The third kappa shape index (κ3) is 5.21. The average Bonchev–Trinajstić information content (AvgIpc) is 2.83. The zero-order chi connectivity index (χ0) is 19.2. The summed E-state index contributed by atoms with van der Waals surface area (Å²) in [5.41, 5.74) is 1.57. The van der Waals surface area contributed by atoms with Gasteiger partial charge in [-0.05, 0) is 64.2 Å². The van der Waals surface area contributed by atoms with Crippen LogP contribution in [0.15, 0.2) is 12.1 Å². The maximum absolute atomic E-state index is 12.8. The average molecular weight is 382 g/mol. The maximum atomic E-state index is 12.8. The van der Waals surface area contributed by atoms with Crippen LogP contribution in [0.2, 0.25) is 5.02 Å². The van der Waals surface area contributed by atoms with Crippen molar-refractivity contribution < 1.29 is 18.8 Å². The number of aryl methyl sites for hydroxylation is 1. The molecule has 0 bridgehead atoms. The molecule has 1 aliphatic rings. The summed E-state index contributed by atoms with van der Waals surface area (Å²) in [4.78, 5) is 25.1. The highest BCUT2D eigenvalue weighted by Gasteiger charge is 2.30. The molecule has 26 heavy (non-hydrogen) atoms. The number of anilines is 1. The van der Waals surface area contributed by atoms with E-state index < -0.39 is 5.97 Å². The Balaban J connectivity index is 2.21. The highest BCUT2D eigenvalue weighted by molar-refractivity contribution is 6.31. The number of nitrogens with zero attached hydrogens (tertiary/aromatic N) is 1. The minimum atomic E-state index is -0.470. The first kappa shape index (κ1) is 20.7. The Bertz CT molecular complexity index is 653. The molecule has 1 aromatic rings. The SMILES string of the molecule is CCOC(=O)c1cc(Cl)cc(C)c1NC(=O)C[N+]1(CC)CCCCCC1. The lowest BCUT2D eigenvalue weighted by Gasteiger charge is -2.36. The molecule has 1 heterocycles. The monoisotopic (exact) mass is 381 g/mol. The Labute approximate surface area is 161 Å². The molecule has 6 heteroatoms. The minimum absolute atomic E-state index is 0.0651. The van der Waals surface area contributed by atoms with Gasteiger partial charge in [-0.1, -0.05) is 11.6 Å². The second kappa shape index (κ2) is 9.38. The Morgan fingerprint density at radius 3 is 2.38 bits per heavy atom. The Kier molecular flexibility index (Phi) is 7.47. The molecule has 0 atom stereocenters. The molecule has 1 N–H and O–H groups in total. The molecule has 1 fully saturated rings. The molecule has 5 nitrogen and oxygen atoms in total. The van der Waals surface area contributed by atoms with E-state index in [2.05, 4.69) is 12.2 Å². The van der Waals surface area contributed by atoms with Crippen molar-refractivity contribution >= 4 is 29.2 Å². The predicted molar refractivity (Wildman–Crippen MR) is 105 cm³/mol. The first-order valence-corrected chi connectivity index (χ1v) is 9.91. The molecule has 2 rings (SSSR count). The number of rotatable bonds is 6. The molecule has 0 aromatic heterocycles. The molecule has 0 aliphatic carbocycles. The number of hydrogen-bond donors (Lipinski definition) is 1. The number of nitrogens with one attached hydrogen (secondary N) is 1. The van der Waals surface area contributed by atoms with E-state index in [9.17, 15) is 9.59 Å². The van der Waals surface area contributed by atoms with E-state index in [-0.39, 0.29) is 12.5 Å². The van der Waals surface area contributed by atoms with E-state index in [1.54, 1.807) is 19.1 Å². The number of carbonyl (C=O) groups is 2. The molecule has 0 radical (unpaired) electrons. The number of hydrogen-bond acceptors (Lipinski definition) is 3. The van der Waals surface area contributed by atoms with Crippen LogP contribution in [0.3, 0.4) is 0 Å². The Morgan fingerprint density at radius 2 is 1.81 bits per heavy atom. The van der Waals surface area contributed by atoms with Crippen molar-refractivity contribution in [3.63, 3.8) is 0 Å². The minimum Gasteiger partial charge on any atom is -0.462 e. The molecular weight excluding hydrogens is 352 g/mol. The van der Waals surface area contributed by atoms with Crippen LogP contribution in [0.25, 0.3) is 0 Å². The number of amides is 1. The summed E-state index contributed by atoms with van der Waals surface area (Å²) in [6.07, 6.45) is 4.81. The molecule has 1 saturated heterocycles. The van der Waals surface area contributed by atoms with Crippen molar-refractivity contribution in [3.8, 4) is 0 Å². The summed E-state index contributed by atoms with van der Waals surface area (Å²) in [6.45, 7) is 9.45. The lowest BCUT2D eigenvalue weighted by atomic mass is 10.1. The van der Waals surface area contributed by atoms with Crippen LogP contribution < -0.4 is 5.32 Å². The van der Waals surface area contributed by atoms with E-state index >= 15 is 0 Å².